The maximum atomic E-state index is 11.6. The molecular formula is C13H17BrN2O3. The van der Waals surface area contributed by atoms with Gasteiger partial charge in [0.1, 0.15) is 0 Å². The molecule has 2 N–H and O–H groups in total. The second-order valence-electron chi connectivity index (χ2n) is 4.26. The normalized spacial score (nSPS) is 18.9. The average molecular weight is 329 g/mol. The van der Waals surface area contributed by atoms with Gasteiger partial charge in [0, 0.05) is 17.6 Å². The molecular weight excluding hydrogens is 312 g/mol. The number of nitrogens with one attached hydrogen (secondary N) is 2. The molecule has 1 saturated heterocycles. The van der Waals surface area contributed by atoms with E-state index in [4.69, 9.17) is 9.47 Å². The molecule has 0 aromatic heterocycles. The number of halogens is 1. The van der Waals surface area contributed by atoms with Crippen LogP contribution in [0.2, 0.25) is 0 Å². The quantitative estimate of drug-likeness (QED) is 0.883. The number of carbonyl (C=O) groups is 1. The number of amides is 2. The van der Waals surface area contributed by atoms with Crippen LogP contribution in [0.3, 0.4) is 0 Å². The van der Waals surface area contributed by atoms with E-state index >= 15 is 0 Å². The lowest BCUT2D eigenvalue weighted by molar-refractivity contribution is -0.0853. The molecule has 2 amide bonds. The van der Waals surface area contributed by atoms with Gasteiger partial charge in [0.15, 0.2) is 0 Å². The van der Waals surface area contributed by atoms with Crippen LogP contribution in [0.15, 0.2) is 28.7 Å². The van der Waals surface area contributed by atoms with Gasteiger partial charge in [0.05, 0.1) is 25.9 Å². The van der Waals surface area contributed by atoms with E-state index in [1.165, 1.54) is 0 Å². The lowest BCUT2D eigenvalue weighted by Crippen LogP contribution is -2.43. The van der Waals surface area contributed by atoms with Crippen molar-refractivity contribution in [2.24, 2.45) is 0 Å². The molecule has 1 aliphatic heterocycles. The van der Waals surface area contributed by atoms with Crippen molar-refractivity contribution >= 4 is 22.0 Å². The topological polar surface area (TPSA) is 59.6 Å². The van der Waals surface area contributed by atoms with Gasteiger partial charge in [-0.15, -0.1) is 0 Å². The largest absolute Gasteiger partial charge is 0.376 e. The van der Waals surface area contributed by atoms with Crippen molar-refractivity contribution in [2.75, 3.05) is 26.4 Å². The molecule has 0 radical (unpaired) electrons. The molecule has 1 aromatic rings. The van der Waals surface area contributed by atoms with Crippen LogP contribution < -0.4 is 10.6 Å². The maximum Gasteiger partial charge on any atom is 0.315 e. The Kier molecular flexibility index (Phi) is 5.62. The van der Waals surface area contributed by atoms with Crippen LogP contribution in [0.25, 0.3) is 0 Å². The first-order valence-corrected chi connectivity index (χ1v) is 6.99. The molecule has 1 heterocycles. The van der Waals surface area contributed by atoms with Gasteiger partial charge in [-0.1, -0.05) is 28.1 Å². The summed E-state index contributed by atoms with van der Waals surface area (Å²) in [7, 11) is 0. The van der Waals surface area contributed by atoms with Crippen molar-refractivity contribution in [2.45, 2.75) is 12.6 Å². The molecule has 0 saturated carbocycles. The third kappa shape index (κ3) is 5.18. The first-order valence-electron chi connectivity index (χ1n) is 6.19. The summed E-state index contributed by atoms with van der Waals surface area (Å²) in [6.45, 7) is 2.72. The highest BCUT2D eigenvalue weighted by atomic mass is 79.9. The first-order chi connectivity index (χ1) is 9.24. The van der Waals surface area contributed by atoms with Gasteiger partial charge < -0.3 is 20.1 Å². The Bertz CT molecular complexity index is 405. The lowest BCUT2D eigenvalue weighted by atomic mass is 10.2. The van der Waals surface area contributed by atoms with Crippen LogP contribution in [-0.2, 0) is 16.0 Å². The van der Waals surface area contributed by atoms with Crippen LogP contribution in [0, 0.1) is 0 Å². The summed E-state index contributed by atoms with van der Waals surface area (Å²) in [5.74, 6) is 0. The fourth-order valence-electron chi connectivity index (χ4n) is 1.71. The van der Waals surface area contributed by atoms with Crippen molar-refractivity contribution in [1.29, 1.82) is 0 Å². The summed E-state index contributed by atoms with van der Waals surface area (Å²) in [5.41, 5.74) is 1.05. The predicted molar refractivity (Wildman–Crippen MR) is 74.9 cm³/mol. The summed E-state index contributed by atoms with van der Waals surface area (Å²) in [6, 6.07) is 7.62. The zero-order valence-corrected chi connectivity index (χ0v) is 12.1. The third-order valence-corrected chi connectivity index (χ3v) is 3.27. The molecule has 5 nitrogen and oxygen atoms in total. The van der Waals surface area contributed by atoms with Gasteiger partial charge in [0.25, 0.3) is 0 Å². The van der Waals surface area contributed by atoms with E-state index in [0.717, 1.165) is 10.0 Å². The summed E-state index contributed by atoms with van der Waals surface area (Å²) < 4.78 is 11.7. The SMILES string of the molecule is O=C(NCc1ccc(Br)cc1)NC[C@@H]1COCCO1. The Morgan fingerprint density at radius 2 is 2.05 bits per heavy atom. The highest BCUT2D eigenvalue weighted by Crippen LogP contribution is 2.10. The summed E-state index contributed by atoms with van der Waals surface area (Å²) in [6.07, 6.45) is -0.0489. The Morgan fingerprint density at radius 3 is 2.74 bits per heavy atom. The standard InChI is InChI=1S/C13H17BrN2O3/c14-11-3-1-10(2-4-11)7-15-13(17)16-8-12-9-18-5-6-19-12/h1-4,12H,5-9H2,(H2,15,16,17)/t12-/m1/s1. The summed E-state index contributed by atoms with van der Waals surface area (Å²) in [4.78, 5) is 11.6. The van der Waals surface area contributed by atoms with Gasteiger partial charge in [0.2, 0.25) is 0 Å². The van der Waals surface area contributed by atoms with Crippen molar-refractivity contribution in [3.63, 3.8) is 0 Å². The van der Waals surface area contributed by atoms with E-state index in [1.54, 1.807) is 0 Å². The molecule has 0 aliphatic carbocycles. The van der Waals surface area contributed by atoms with Crippen molar-refractivity contribution in [3.05, 3.63) is 34.3 Å². The number of hydrogen-bond donors (Lipinski definition) is 2. The number of carbonyl (C=O) groups excluding carboxylic acids is 1. The lowest BCUT2D eigenvalue weighted by Gasteiger charge is -2.23. The number of urea groups is 1. The smallest absolute Gasteiger partial charge is 0.315 e. The van der Waals surface area contributed by atoms with Gasteiger partial charge in [-0.05, 0) is 17.7 Å². The molecule has 19 heavy (non-hydrogen) atoms. The first kappa shape index (κ1) is 14.3. The van der Waals surface area contributed by atoms with Gasteiger partial charge in [-0.2, -0.15) is 0 Å². The summed E-state index contributed by atoms with van der Waals surface area (Å²) in [5, 5.41) is 5.57. The molecule has 2 rings (SSSR count). The third-order valence-electron chi connectivity index (χ3n) is 2.74. The molecule has 1 aromatic carbocycles. The van der Waals surface area contributed by atoms with E-state index in [0.29, 0.717) is 32.9 Å². The Balaban J connectivity index is 1.65. The van der Waals surface area contributed by atoms with E-state index in [1.807, 2.05) is 24.3 Å². The Labute approximate surface area is 120 Å². The molecule has 104 valence electrons. The highest BCUT2D eigenvalue weighted by molar-refractivity contribution is 9.10. The number of ether oxygens (including phenoxy) is 2. The zero-order chi connectivity index (χ0) is 13.5. The number of rotatable bonds is 4. The Morgan fingerprint density at radius 1 is 1.26 bits per heavy atom. The second-order valence-corrected chi connectivity index (χ2v) is 5.17. The molecule has 6 heteroatoms. The van der Waals surface area contributed by atoms with Crippen LogP contribution in [0.4, 0.5) is 4.79 Å². The van der Waals surface area contributed by atoms with E-state index in [9.17, 15) is 4.79 Å². The molecule has 1 atom stereocenters. The minimum absolute atomic E-state index is 0.0489. The second kappa shape index (κ2) is 7.47. The van der Waals surface area contributed by atoms with E-state index in [2.05, 4.69) is 26.6 Å². The van der Waals surface area contributed by atoms with Gasteiger partial charge in [-0.25, -0.2) is 4.79 Å². The van der Waals surface area contributed by atoms with Gasteiger partial charge >= 0.3 is 6.03 Å². The fourth-order valence-corrected chi connectivity index (χ4v) is 1.97. The van der Waals surface area contributed by atoms with Crippen molar-refractivity contribution in [1.82, 2.24) is 10.6 Å². The number of hydrogen-bond acceptors (Lipinski definition) is 3. The summed E-state index contributed by atoms with van der Waals surface area (Å²) >= 11 is 3.37. The molecule has 0 bridgehead atoms. The molecule has 1 aliphatic rings. The fraction of sp³-hybridized carbons (Fsp3) is 0.462. The minimum Gasteiger partial charge on any atom is -0.376 e. The average Bonchev–Trinajstić information content (AvgIpc) is 2.45. The van der Waals surface area contributed by atoms with E-state index in [-0.39, 0.29) is 12.1 Å². The Hall–Kier alpha value is -1.11. The van der Waals surface area contributed by atoms with Crippen LogP contribution in [0.5, 0.6) is 0 Å². The molecule has 1 fully saturated rings. The number of benzene rings is 1. The predicted octanol–water partition coefficient (Wildman–Crippen LogP) is 1.66. The van der Waals surface area contributed by atoms with Crippen LogP contribution in [0.1, 0.15) is 5.56 Å². The van der Waals surface area contributed by atoms with Crippen LogP contribution in [-0.4, -0.2) is 38.5 Å². The van der Waals surface area contributed by atoms with Gasteiger partial charge in [-0.3, -0.25) is 0 Å². The maximum absolute atomic E-state index is 11.6. The van der Waals surface area contributed by atoms with Crippen molar-refractivity contribution < 1.29 is 14.3 Å². The molecule has 0 spiro atoms. The van der Waals surface area contributed by atoms with E-state index < -0.39 is 0 Å². The van der Waals surface area contributed by atoms with Crippen molar-refractivity contribution in [3.8, 4) is 0 Å². The zero-order valence-electron chi connectivity index (χ0n) is 10.5. The minimum atomic E-state index is -0.197. The highest BCUT2D eigenvalue weighted by Gasteiger charge is 2.14. The van der Waals surface area contributed by atoms with Crippen LogP contribution >= 0.6 is 15.9 Å². The molecule has 0 unspecified atom stereocenters. The monoisotopic (exact) mass is 328 g/mol.